The summed E-state index contributed by atoms with van der Waals surface area (Å²) in [5.41, 5.74) is 3.13. The molecule has 29 heavy (non-hydrogen) atoms. The maximum absolute atomic E-state index is 12.4. The van der Waals surface area contributed by atoms with Crippen LogP contribution in [0.25, 0.3) is 10.9 Å². The van der Waals surface area contributed by atoms with Gasteiger partial charge in [-0.1, -0.05) is 12.0 Å². The summed E-state index contributed by atoms with van der Waals surface area (Å²) >= 11 is 0. The zero-order valence-corrected chi connectivity index (χ0v) is 16.6. The van der Waals surface area contributed by atoms with Gasteiger partial charge in [0.2, 0.25) is 0 Å². The highest BCUT2D eigenvalue weighted by atomic mass is 16.5. The number of terminal acetylenes is 1. The molecule has 0 radical (unpaired) electrons. The lowest BCUT2D eigenvalue weighted by atomic mass is 10.0. The molecule has 1 N–H and O–H groups in total. The number of carbonyl (C=O) groups is 1. The van der Waals surface area contributed by atoms with Gasteiger partial charge in [-0.05, 0) is 30.7 Å². The van der Waals surface area contributed by atoms with Gasteiger partial charge in [0.05, 0.1) is 12.6 Å². The molecule has 0 saturated heterocycles. The van der Waals surface area contributed by atoms with Gasteiger partial charge in [0, 0.05) is 54.8 Å². The number of benzene rings is 2. The highest BCUT2D eigenvalue weighted by Crippen LogP contribution is 2.30. The van der Waals surface area contributed by atoms with E-state index in [1.807, 2.05) is 36.4 Å². The first kappa shape index (κ1) is 20.3. The van der Waals surface area contributed by atoms with Crippen molar-refractivity contribution in [2.24, 2.45) is 0 Å². The van der Waals surface area contributed by atoms with E-state index in [-0.39, 0.29) is 12.2 Å². The Balaban J connectivity index is 1.93. The molecule has 0 atom stereocenters. The first-order chi connectivity index (χ1) is 14.1. The van der Waals surface area contributed by atoms with Crippen LogP contribution in [0.2, 0.25) is 0 Å². The van der Waals surface area contributed by atoms with Crippen molar-refractivity contribution in [1.82, 2.24) is 9.97 Å². The van der Waals surface area contributed by atoms with E-state index in [1.165, 1.54) is 6.33 Å². The molecule has 148 valence electrons. The van der Waals surface area contributed by atoms with E-state index in [9.17, 15) is 4.79 Å². The number of nitrogens with zero attached hydrogens (tertiary/aromatic N) is 2. The van der Waals surface area contributed by atoms with Crippen LogP contribution in [0, 0.1) is 12.3 Å². The van der Waals surface area contributed by atoms with Crippen LogP contribution in [0.3, 0.4) is 0 Å². The Labute approximate surface area is 170 Å². The lowest BCUT2D eigenvalue weighted by Crippen LogP contribution is -2.06. The van der Waals surface area contributed by atoms with Gasteiger partial charge in [-0.15, -0.1) is 6.42 Å². The Kier molecular flexibility index (Phi) is 6.77. The number of hydrogen-bond donors (Lipinski definition) is 1. The maximum Gasteiger partial charge on any atom is 0.141 e. The Morgan fingerprint density at radius 2 is 2.07 bits per heavy atom. The molecule has 3 rings (SSSR count). The fourth-order valence-electron chi connectivity index (χ4n) is 3.09. The third kappa shape index (κ3) is 5.09. The number of methoxy groups -OCH3 is 2. The van der Waals surface area contributed by atoms with Crippen LogP contribution in [0.15, 0.2) is 42.7 Å². The highest BCUT2D eigenvalue weighted by molar-refractivity contribution is 5.93. The summed E-state index contributed by atoms with van der Waals surface area (Å²) in [6.07, 6.45) is 8.42. The molecule has 0 bridgehead atoms. The number of hydrogen-bond acceptors (Lipinski definition) is 6. The van der Waals surface area contributed by atoms with Gasteiger partial charge in [-0.3, -0.25) is 4.79 Å². The zero-order valence-electron chi connectivity index (χ0n) is 16.6. The number of anilines is 2. The number of fused-ring (bicyclic) bond motifs is 1. The summed E-state index contributed by atoms with van der Waals surface area (Å²) < 4.78 is 10.5. The third-order valence-electron chi connectivity index (χ3n) is 4.52. The van der Waals surface area contributed by atoms with Gasteiger partial charge < -0.3 is 14.8 Å². The molecule has 6 heteroatoms. The standard InChI is InChI=1S/C23H23N3O3/c1-4-16-7-5-8-18(11-16)26-23-20-13-17(12-19(27)9-6-10-28-2)22(29-3)14-21(20)24-15-25-23/h1,5,7-8,11,13-15H,6,9-10,12H2,2-3H3,(H,24,25,26). The normalized spacial score (nSPS) is 10.5. The summed E-state index contributed by atoms with van der Waals surface area (Å²) in [7, 11) is 3.22. The predicted molar refractivity (Wildman–Crippen MR) is 114 cm³/mol. The van der Waals surface area contributed by atoms with Gasteiger partial charge in [0.15, 0.2) is 0 Å². The topological polar surface area (TPSA) is 73.3 Å². The molecule has 0 aliphatic heterocycles. The van der Waals surface area contributed by atoms with Gasteiger partial charge in [0.1, 0.15) is 23.7 Å². The molecular weight excluding hydrogens is 366 g/mol. The van der Waals surface area contributed by atoms with Crippen molar-refractivity contribution in [2.45, 2.75) is 19.3 Å². The Bertz CT molecular complexity index is 1060. The molecule has 0 aliphatic carbocycles. The summed E-state index contributed by atoms with van der Waals surface area (Å²) in [6.45, 7) is 0.569. The van der Waals surface area contributed by atoms with Crippen LogP contribution >= 0.6 is 0 Å². The van der Waals surface area contributed by atoms with Crippen LogP contribution in [0.4, 0.5) is 11.5 Å². The smallest absolute Gasteiger partial charge is 0.141 e. The maximum atomic E-state index is 12.4. The summed E-state index contributed by atoms with van der Waals surface area (Å²) in [6, 6.07) is 11.3. The van der Waals surface area contributed by atoms with Crippen LogP contribution in [-0.2, 0) is 16.0 Å². The second kappa shape index (κ2) is 9.67. The number of ketones is 1. The average Bonchev–Trinajstić information content (AvgIpc) is 2.74. The zero-order chi connectivity index (χ0) is 20.6. The molecule has 2 aromatic carbocycles. The minimum atomic E-state index is 0.132. The minimum absolute atomic E-state index is 0.132. The molecule has 0 amide bonds. The highest BCUT2D eigenvalue weighted by Gasteiger charge is 2.14. The van der Waals surface area contributed by atoms with Gasteiger partial charge in [-0.2, -0.15) is 0 Å². The largest absolute Gasteiger partial charge is 0.496 e. The van der Waals surface area contributed by atoms with Crippen LogP contribution in [-0.4, -0.2) is 36.6 Å². The van der Waals surface area contributed by atoms with E-state index >= 15 is 0 Å². The van der Waals surface area contributed by atoms with Gasteiger partial charge >= 0.3 is 0 Å². The second-order valence-corrected chi connectivity index (χ2v) is 6.57. The molecule has 0 saturated carbocycles. The summed E-state index contributed by atoms with van der Waals surface area (Å²) in [5, 5.41) is 4.10. The first-order valence-corrected chi connectivity index (χ1v) is 9.30. The quantitative estimate of drug-likeness (QED) is 0.442. The monoisotopic (exact) mass is 389 g/mol. The number of rotatable bonds is 9. The Hall–Kier alpha value is -3.43. The molecule has 0 aliphatic rings. The number of ether oxygens (including phenoxy) is 2. The molecule has 0 unspecified atom stereocenters. The molecule has 0 spiro atoms. The summed E-state index contributed by atoms with van der Waals surface area (Å²) in [5.74, 6) is 4.03. The number of aromatic nitrogens is 2. The second-order valence-electron chi connectivity index (χ2n) is 6.57. The van der Waals surface area contributed by atoms with Crippen molar-refractivity contribution in [3.05, 3.63) is 53.9 Å². The fourth-order valence-corrected chi connectivity index (χ4v) is 3.09. The van der Waals surface area contributed by atoms with E-state index in [0.29, 0.717) is 31.0 Å². The van der Waals surface area contributed by atoms with Crippen molar-refractivity contribution >= 4 is 28.2 Å². The number of nitrogens with one attached hydrogen (secondary N) is 1. The van der Waals surface area contributed by atoms with Gasteiger partial charge in [0.25, 0.3) is 0 Å². The predicted octanol–water partition coefficient (Wildman–Crippen LogP) is 3.90. The van der Waals surface area contributed by atoms with E-state index in [0.717, 1.165) is 27.7 Å². The van der Waals surface area contributed by atoms with Crippen molar-refractivity contribution in [1.29, 1.82) is 0 Å². The van der Waals surface area contributed by atoms with Gasteiger partial charge in [-0.25, -0.2) is 9.97 Å². The van der Waals surface area contributed by atoms with Crippen molar-refractivity contribution in [3.8, 4) is 18.1 Å². The molecular formula is C23H23N3O3. The number of carbonyl (C=O) groups excluding carboxylic acids is 1. The SMILES string of the molecule is C#Cc1cccc(Nc2ncnc3cc(OC)c(CC(=O)CCCOC)cc23)c1. The third-order valence-corrected chi connectivity index (χ3v) is 4.52. The molecule has 1 heterocycles. The lowest BCUT2D eigenvalue weighted by molar-refractivity contribution is -0.118. The fraction of sp³-hybridized carbons (Fsp3) is 0.261. The molecule has 0 fully saturated rings. The minimum Gasteiger partial charge on any atom is -0.496 e. The summed E-state index contributed by atoms with van der Waals surface area (Å²) in [4.78, 5) is 21.1. The van der Waals surface area contributed by atoms with E-state index in [1.54, 1.807) is 14.2 Å². The lowest BCUT2D eigenvalue weighted by Gasteiger charge is -2.13. The van der Waals surface area contributed by atoms with Crippen LogP contribution in [0.1, 0.15) is 24.0 Å². The average molecular weight is 389 g/mol. The van der Waals surface area contributed by atoms with Crippen molar-refractivity contribution in [2.75, 3.05) is 26.1 Å². The van der Waals surface area contributed by atoms with E-state index in [2.05, 4.69) is 21.2 Å². The van der Waals surface area contributed by atoms with Crippen LogP contribution < -0.4 is 10.1 Å². The molecule has 1 aromatic heterocycles. The van der Waals surface area contributed by atoms with E-state index in [4.69, 9.17) is 15.9 Å². The van der Waals surface area contributed by atoms with Crippen molar-refractivity contribution < 1.29 is 14.3 Å². The van der Waals surface area contributed by atoms with E-state index < -0.39 is 0 Å². The Morgan fingerprint density at radius 3 is 2.83 bits per heavy atom. The Morgan fingerprint density at radius 1 is 1.21 bits per heavy atom. The first-order valence-electron chi connectivity index (χ1n) is 9.30. The van der Waals surface area contributed by atoms with Crippen LogP contribution in [0.5, 0.6) is 5.75 Å². The number of Topliss-reactive ketones (excluding diaryl/α,β-unsaturated/α-hetero) is 1. The molecule has 6 nitrogen and oxygen atoms in total. The molecule has 3 aromatic rings. The van der Waals surface area contributed by atoms with Crippen molar-refractivity contribution in [3.63, 3.8) is 0 Å².